The van der Waals surface area contributed by atoms with Gasteiger partial charge in [-0.2, -0.15) is 0 Å². The lowest BCUT2D eigenvalue weighted by Crippen LogP contribution is -2.45. The number of allylic oxidation sites excluding steroid dienone is 3. The van der Waals surface area contributed by atoms with Crippen LogP contribution >= 0.6 is 0 Å². The lowest BCUT2D eigenvalue weighted by atomic mass is 9.82. The topological polar surface area (TPSA) is 122 Å². The normalized spacial score (nSPS) is 25.9. The van der Waals surface area contributed by atoms with Gasteiger partial charge in [0.1, 0.15) is 0 Å². The summed E-state index contributed by atoms with van der Waals surface area (Å²) in [6, 6.07) is 5.35. The highest BCUT2D eigenvalue weighted by Crippen LogP contribution is 2.60. The van der Waals surface area contributed by atoms with Crippen LogP contribution in [0.15, 0.2) is 47.7 Å². The van der Waals surface area contributed by atoms with Crippen LogP contribution < -0.4 is 15.5 Å². The van der Waals surface area contributed by atoms with Crippen LogP contribution in [0.1, 0.15) is 71.1 Å². The van der Waals surface area contributed by atoms with E-state index in [0.717, 1.165) is 37.9 Å². The molecule has 2 fully saturated rings. The lowest BCUT2D eigenvalue weighted by Gasteiger charge is -2.31. The summed E-state index contributed by atoms with van der Waals surface area (Å²) in [5.74, 6) is -0.734. The summed E-state index contributed by atoms with van der Waals surface area (Å²) in [6.45, 7) is 13.2. The van der Waals surface area contributed by atoms with E-state index in [2.05, 4.69) is 53.9 Å². The Hall–Kier alpha value is -3.19. The second kappa shape index (κ2) is 14.5. The minimum atomic E-state index is -3.35. The standard InChI is InChI=1S/C35H51FN6O4Si/c1-23(2)9-7-10-24(3)14-19-42-30-13-12-26(38-33(44)29-11-8-17-37-29)21-28(30)35(34(42)45)25(4)32(47(5,6)36)31(46-35)15-18-41-22-27(16-20-43)39-40-41/h9,12-14,21-22,25,29,31-32,37,43H,7-8,10-11,15-20H2,1-6H3,(H,38,44)/b24-14+/t25-,29+,31+,32-,35+/m0/s1. The summed E-state index contributed by atoms with van der Waals surface area (Å²) >= 11 is 0. The molecule has 3 N–H and O–H groups in total. The van der Waals surface area contributed by atoms with Crippen molar-refractivity contribution in [3.05, 3.63) is 59.0 Å². The quantitative estimate of drug-likeness (QED) is 0.149. The molecule has 256 valence electrons. The molecule has 12 heteroatoms. The van der Waals surface area contributed by atoms with E-state index in [1.807, 2.05) is 25.1 Å². The number of aryl methyl sites for hydroxylation is 1. The lowest BCUT2D eigenvalue weighted by molar-refractivity contribution is -0.145. The fraction of sp³-hybridized carbons (Fsp3) is 0.600. The number of amides is 2. The Morgan fingerprint density at radius 1 is 1.28 bits per heavy atom. The van der Waals surface area contributed by atoms with Gasteiger partial charge in [0, 0.05) is 55.0 Å². The molecule has 5 atom stereocenters. The van der Waals surface area contributed by atoms with Crippen LogP contribution in [-0.2, 0) is 32.9 Å². The zero-order valence-corrected chi connectivity index (χ0v) is 29.7. The van der Waals surface area contributed by atoms with Gasteiger partial charge in [-0.05, 0) is 90.7 Å². The molecule has 0 aliphatic carbocycles. The Labute approximate surface area is 279 Å². The number of carbonyl (C=O) groups excluding carboxylic acids is 2. The molecule has 2 saturated heterocycles. The van der Waals surface area contributed by atoms with Gasteiger partial charge in [0.15, 0.2) is 5.60 Å². The predicted octanol–water partition coefficient (Wildman–Crippen LogP) is 5.41. The molecule has 3 aliphatic rings. The van der Waals surface area contributed by atoms with Crippen molar-refractivity contribution in [2.75, 3.05) is 29.9 Å². The molecule has 2 amide bonds. The summed E-state index contributed by atoms with van der Waals surface area (Å²) in [6.07, 6.45) is 9.99. The number of ether oxygens (including phenoxy) is 1. The highest BCUT2D eigenvalue weighted by atomic mass is 28.4. The molecule has 3 aliphatic heterocycles. The number of aliphatic hydroxyl groups excluding tert-OH is 1. The summed E-state index contributed by atoms with van der Waals surface area (Å²) < 4.78 is 24.9. The van der Waals surface area contributed by atoms with Crippen LogP contribution in [-0.4, -0.2) is 72.2 Å². The highest BCUT2D eigenvalue weighted by molar-refractivity contribution is 6.72. The Kier molecular flexibility index (Phi) is 10.8. The molecule has 4 heterocycles. The number of nitrogens with one attached hydrogen (secondary N) is 2. The Bertz CT molecular complexity index is 1510. The number of aromatic nitrogens is 3. The molecule has 1 aromatic carbocycles. The number of benzene rings is 1. The number of fused-ring (bicyclic) bond motifs is 2. The van der Waals surface area contributed by atoms with Crippen molar-refractivity contribution in [2.24, 2.45) is 5.92 Å². The smallest absolute Gasteiger partial charge is 0.264 e. The molecule has 2 aromatic rings. The van der Waals surface area contributed by atoms with Crippen molar-refractivity contribution in [2.45, 2.75) is 109 Å². The molecular formula is C35H51FN6O4Si. The second-order valence-corrected chi connectivity index (χ2v) is 18.0. The molecule has 10 nitrogen and oxygen atoms in total. The predicted molar refractivity (Wildman–Crippen MR) is 184 cm³/mol. The van der Waals surface area contributed by atoms with Gasteiger partial charge in [-0.1, -0.05) is 35.4 Å². The van der Waals surface area contributed by atoms with Gasteiger partial charge < -0.3 is 29.5 Å². The van der Waals surface area contributed by atoms with E-state index < -0.39 is 31.6 Å². The molecule has 47 heavy (non-hydrogen) atoms. The van der Waals surface area contributed by atoms with E-state index in [0.29, 0.717) is 42.9 Å². The summed E-state index contributed by atoms with van der Waals surface area (Å²) in [4.78, 5) is 29.6. The van der Waals surface area contributed by atoms with Crippen LogP contribution in [0.2, 0.25) is 18.6 Å². The number of carbonyl (C=O) groups is 2. The third-order valence-corrected chi connectivity index (χ3v) is 12.4. The maximum atomic E-state index is 16.3. The first-order chi connectivity index (χ1) is 22.3. The second-order valence-electron chi connectivity index (χ2n) is 14.2. The van der Waals surface area contributed by atoms with Crippen LogP contribution in [0.4, 0.5) is 15.5 Å². The molecule has 0 unspecified atom stereocenters. The van der Waals surface area contributed by atoms with E-state index in [-0.39, 0.29) is 24.5 Å². The van der Waals surface area contributed by atoms with Gasteiger partial charge in [-0.15, -0.1) is 5.10 Å². The first kappa shape index (κ1) is 35.1. The molecule has 1 aromatic heterocycles. The third kappa shape index (κ3) is 7.45. The number of nitrogens with zero attached hydrogens (tertiary/aromatic N) is 4. The fourth-order valence-corrected chi connectivity index (χ4v) is 10.1. The largest absolute Gasteiger partial charge is 0.396 e. The van der Waals surface area contributed by atoms with Crippen LogP contribution in [0.25, 0.3) is 0 Å². The van der Waals surface area contributed by atoms with Crippen molar-refractivity contribution in [3.8, 4) is 0 Å². The summed E-state index contributed by atoms with van der Waals surface area (Å²) in [5.41, 5.74) is 3.31. The van der Waals surface area contributed by atoms with Crippen LogP contribution in [0, 0.1) is 5.92 Å². The molecule has 5 rings (SSSR count). The Morgan fingerprint density at radius 2 is 2.06 bits per heavy atom. The van der Waals surface area contributed by atoms with Crippen molar-refractivity contribution in [1.82, 2.24) is 20.3 Å². The number of anilines is 2. The first-order valence-electron chi connectivity index (χ1n) is 17.0. The van der Waals surface area contributed by atoms with E-state index in [4.69, 9.17) is 4.74 Å². The maximum absolute atomic E-state index is 16.3. The first-order valence-corrected chi connectivity index (χ1v) is 20.0. The molecular weight excluding hydrogens is 616 g/mol. The van der Waals surface area contributed by atoms with Crippen molar-refractivity contribution in [3.63, 3.8) is 0 Å². The third-order valence-electron chi connectivity index (χ3n) is 9.92. The van der Waals surface area contributed by atoms with Crippen LogP contribution in [0.3, 0.4) is 0 Å². The molecule has 0 saturated carbocycles. The van der Waals surface area contributed by atoms with Crippen LogP contribution in [0.5, 0.6) is 0 Å². The number of hydrogen-bond donors (Lipinski definition) is 3. The molecule has 0 bridgehead atoms. The van der Waals surface area contributed by atoms with Gasteiger partial charge >= 0.3 is 0 Å². The average molecular weight is 667 g/mol. The highest BCUT2D eigenvalue weighted by Gasteiger charge is 2.66. The monoisotopic (exact) mass is 666 g/mol. The summed E-state index contributed by atoms with van der Waals surface area (Å²) in [5, 5.41) is 23.9. The van der Waals surface area contributed by atoms with Gasteiger partial charge in [0.2, 0.25) is 14.3 Å². The van der Waals surface area contributed by atoms with Gasteiger partial charge in [-0.3, -0.25) is 14.3 Å². The van der Waals surface area contributed by atoms with Crippen molar-refractivity contribution >= 4 is 31.6 Å². The summed E-state index contributed by atoms with van der Waals surface area (Å²) in [7, 11) is -3.35. The number of hydrogen-bond acceptors (Lipinski definition) is 7. The van der Waals surface area contributed by atoms with Gasteiger partial charge in [-0.25, -0.2) is 0 Å². The van der Waals surface area contributed by atoms with Gasteiger partial charge in [0.25, 0.3) is 5.91 Å². The minimum Gasteiger partial charge on any atom is -0.396 e. The van der Waals surface area contributed by atoms with Crippen molar-refractivity contribution in [1.29, 1.82) is 0 Å². The maximum Gasteiger partial charge on any atom is 0.264 e. The van der Waals surface area contributed by atoms with Crippen molar-refractivity contribution < 1.29 is 23.5 Å². The number of aliphatic hydroxyl groups is 1. The van der Waals surface area contributed by atoms with E-state index in [1.165, 1.54) is 11.1 Å². The average Bonchev–Trinajstić information content (AvgIpc) is 3.79. The number of rotatable bonds is 13. The Balaban J connectivity index is 1.48. The van der Waals surface area contributed by atoms with Gasteiger partial charge in [0.05, 0.1) is 23.5 Å². The fourth-order valence-electron chi connectivity index (χ4n) is 7.59. The molecule has 0 radical (unpaired) electrons. The van der Waals surface area contributed by atoms with E-state index >= 15 is 4.11 Å². The zero-order valence-electron chi connectivity index (χ0n) is 28.7. The minimum absolute atomic E-state index is 0.0179. The Morgan fingerprint density at radius 3 is 2.74 bits per heavy atom. The molecule has 1 spiro atoms. The SMILES string of the molecule is CC(C)=CCC/C(C)=C/CN1C(=O)[C@]2(O[C@H](CCn3cc(CCO)nn3)[C@@H]([Si](C)(C)F)[C@@H]2C)c2cc(NC(=O)[C@H]3CCCN3)ccc21. The zero-order chi connectivity index (χ0) is 33.9. The number of halogens is 1. The van der Waals surface area contributed by atoms with E-state index in [1.54, 1.807) is 28.9 Å². The van der Waals surface area contributed by atoms with E-state index in [9.17, 15) is 14.7 Å².